The summed E-state index contributed by atoms with van der Waals surface area (Å²) in [7, 11) is 0. The molecular weight excluding hydrogens is 264 g/mol. The molecule has 0 radical (unpaired) electrons. The predicted octanol–water partition coefficient (Wildman–Crippen LogP) is 2.18. The molecule has 21 heavy (non-hydrogen) atoms. The first-order valence-corrected chi connectivity index (χ1v) is 8.73. The Hall–Kier alpha value is -0.610. The SMILES string of the molecule is CC1OC(C)C(C(=O)N2CCNCC23CCCCC3)C1C. The molecule has 1 spiro atoms. The van der Waals surface area contributed by atoms with E-state index in [4.69, 9.17) is 4.74 Å². The van der Waals surface area contributed by atoms with Gasteiger partial charge in [0.05, 0.1) is 23.7 Å². The molecule has 1 amide bonds. The fourth-order valence-corrected chi connectivity index (χ4v) is 4.72. The van der Waals surface area contributed by atoms with Gasteiger partial charge in [0.1, 0.15) is 0 Å². The van der Waals surface area contributed by atoms with Crippen LogP contribution in [0, 0.1) is 11.8 Å². The van der Waals surface area contributed by atoms with Crippen molar-refractivity contribution in [2.24, 2.45) is 11.8 Å². The van der Waals surface area contributed by atoms with Crippen LogP contribution >= 0.6 is 0 Å². The Kier molecular flexibility index (Phi) is 4.28. The van der Waals surface area contributed by atoms with Crippen molar-refractivity contribution in [3.05, 3.63) is 0 Å². The summed E-state index contributed by atoms with van der Waals surface area (Å²) in [6, 6.07) is 0. The van der Waals surface area contributed by atoms with Crippen LogP contribution in [-0.4, -0.2) is 48.2 Å². The van der Waals surface area contributed by atoms with Gasteiger partial charge < -0.3 is 15.0 Å². The lowest BCUT2D eigenvalue weighted by Crippen LogP contribution is -2.65. The Morgan fingerprint density at radius 3 is 2.48 bits per heavy atom. The average Bonchev–Trinajstić information content (AvgIpc) is 2.73. The number of carbonyl (C=O) groups excluding carboxylic acids is 1. The number of hydrogen-bond donors (Lipinski definition) is 1. The van der Waals surface area contributed by atoms with E-state index in [9.17, 15) is 4.79 Å². The number of nitrogens with one attached hydrogen (secondary N) is 1. The van der Waals surface area contributed by atoms with Gasteiger partial charge >= 0.3 is 0 Å². The van der Waals surface area contributed by atoms with E-state index in [1.807, 2.05) is 0 Å². The van der Waals surface area contributed by atoms with Gasteiger partial charge in [0, 0.05) is 19.6 Å². The molecule has 3 aliphatic rings. The summed E-state index contributed by atoms with van der Waals surface area (Å²) in [4.78, 5) is 15.5. The smallest absolute Gasteiger partial charge is 0.229 e. The Morgan fingerprint density at radius 2 is 1.86 bits per heavy atom. The minimum absolute atomic E-state index is 0.0388. The lowest BCUT2D eigenvalue weighted by atomic mass is 9.77. The monoisotopic (exact) mass is 294 g/mol. The molecule has 0 aromatic carbocycles. The maximum Gasteiger partial charge on any atom is 0.229 e. The molecule has 1 N–H and O–H groups in total. The molecule has 1 saturated carbocycles. The van der Waals surface area contributed by atoms with Crippen molar-refractivity contribution in [2.45, 2.75) is 70.6 Å². The summed E-state index contributed by atoms with van der Waals surface area (Å²) in [5.74, 6) is 0.711. The predicted molar refractivity (Wildman–Crippen MR) is 83.1 cm³/mol. The van der Waals surface area contributed by atoms with Crippen LogP contribution in [0.2, 0.25) is 0 Å². The summed E-state index contributed by atoms with van der Waals surface area (Å²) in [6.07, 6.45) is 6.41. The normalized spacial score (nSPS) is 39.7. The van der Waals surface area contributed by atoms with Crippen molar-refractivity contribution in [1.29, 1.82) is 0 Å². The minimum atomic E-state index is 0.0388. The third-order valence-corrected chi connectivity index (χ3v) is 6.12. The fraction of sp³-hybridized carbons (Fsp3) is 0.941. The molecule has 4 heteroatoms. The molecule has 120 valence electrons. The third-order valence-electron chi connectivity index (χ3n) is 6.12. The van der Waals surface area contributed by atoms with Gasteiger partial charge in [-0.25, -0.2) is 0 Å². The zero-order valence-corrected chi connectivity index (χ0v) is 13.7. The van der Waals surface area contributed by atoms with Crippen LogP contribution in [0.5, 0.6) is 0 Å². The first-order chi connectivity index (χ1) is 10.1. The second-order valence-electron chi connectivity index (χ2n) is 7.38. The van der Waals surface area contributed by atoms with Gasteiger partial charge in [0.15, 0.2) is 0 Å². The first kappa shape index (κ1) is 15.3. The zero-order valence-electron chi connectivity index (χ0n) is 13.7. The van der Waals surface area contributed by atoms with Crippen molar-refractivity contribution < 1.29 is 9.53 Å². The van der Waals surface area contributed by atoms with Crippen molar-refractivity contribution in [3.8, 4) is 0 Å². The van der Waals surface area contributed by atoms with Crippen LogP contribution in [0.25, 0.3) is 0 Å². The molecule has 0 bridgehead atoms. The van der Waals surface area contributed by atoms with Crippen molar-refractivity contribution in [2.75, 3.05) is 19.6 Å². The van der Waals surface area contributed by atoms with E-state index < -0.39 is 0 Å². The molecule has 1 aliphatic carbocycles. The number of nitrogens with zero attached hydrogens (tertiary/aromatic N) is 1. The third kappa shape index (κ3) is 2.61. The highest BCUT2D eigenvalue weighted by Crippen LogP contribution is 2.39. The second-order valence-corrected chi connectivity index (χ2v) is 7.38. The number of ether oxygens (including phenoxy) is 1. The maximum atomic E-state index is 13.3. The van der Waals surface area contributed by atoms with Gasteiger partial charge in [0.25, 0.3) is 0 Å². The van der Waals surface area contributed by atoms with Crippen LogP contribution in [-0.2, 0) is 9.53 Å². The van der Waals surface area contributed by atoms with Crippen LogP contribution in [0.15, 0.2) is 0 Å². The van der Waals surface area contributed by atoms with Gasteiger partial charge in [-0.2, -0.15) is 0 Å². The summed E-state index contributed by atoms with van der Waals surface area (Å²) >= 11 is 0. The van der Waals surface area contributed by atoms with E-state index in [2.05, 4.69) is 31.0 Å². The molecule has 0 aromatic heterocycles. The highest BCUT2D eigenvalue weighted by atomic mass is 16.5. The topological polar surface area (TPSA) is 41.6 Å². The van der Waals surface area contributed by atoms with Crippen LogP contribution in [0.3, 0.4) is 0 Å². The molecular formula is C17H30N2O2. The van der Waals surface area contributed by atoms with Gasteiger partial charge in [0.2, 0.25) is 5.91 Å². The van der Waals surface area contributed by atoms with E-state index in [0.29, 0.717) is 11.8 Å². The van der Waals surface area contributed by atoms with Gasteiger partial charge in [-0.1, -0.05) is 26.2 Å². The van der Waals surface area contributed by atoms with E-state index >= 15 is 0 Å². The number of hydrogen-bond acceptors (Lipinski definition) is 3. The van der Waals surface area contributed by atoms with Crippen molar-refractivity contribution in [3.63, 3.8) is 0 Å². The zero-order chi connectivity index (χ0) is 15.0. The van der Waals surface area contributed by atoms with E-state index in [0.717, 1.165) is 32.5 Å². The number of amides is 1. The average molecular weight is 294 g/mol. The fourth-order valence-electron chi connectivity index (χ4n) is 4.72. The van der Waals surface area contributed by atoms with Crippen molar-refractivity contribution >= 4 is 5.91 Å². The number of piperazine rings is 1. The number of carbonyl (C=O) groups is 1. The summed E-state index contributed by atoms with van der Waals surface area (Å²) < 4.78 is 5.91. The molecule has 2 saturated heterocycles. The lowest BCUT2D eigenvalue weighted by molar-refractivity contribution is -0.147. The van der Waals surface area contributed by atoms with E-state index in [-0.39, 0.29) is 23.7 Å². The minimum Gasteiger partial charge on any atom is -0.374 e. The highest BCUT2D eigenvalue weighted by molar-refractivity contribution is 5.81. The molecule has 0 aromatic rings. The Bertz CT molecular complexity index is 384. The molecule has 4 unspecified atom stereocenters. The van der Waals surface area contributed by atoms with E-state index in [1.165, 1.54) is 19.3 Å². The summed E-state index contributed by atoms with van der Waals surface area (Å²) in [6.45, 7) is 9.11. The molecule has 3 rings (SSSR count). The Morgan fingerprint density at radius 1 is 1.14 bits per heavy atom. The molecule has 2 aliphatic heterocycles. The lowest BCUT2D eigenvalue weighted by Gasteiger charge is -2.51. The maximum absolute atomic E-state index is 13.3. The highest BCUT2D eigenvalue weighted by Gasteiger charge is 2.49. The van der Waals surface area contributed by atoms with E-state index in [1.54, 1.807) is 0 Å². The Labute approximate surface area is 128 Å². The van der Waals surface area contributed by atoms with Crippen LogP contribution < -0.4 is 5.32 Å². The van der Waals surface area contributed by atoms with Crippen LogP contribution in [0.1, 0.15) is 52.9 Å². The van der Waals surface area contributed by atoms with Crippen LogP contribution in [0.4, 0.5) is 0 Å². The summed E-state index contributed by atoms with van der Waals surface area (Å²) in [5, 5.41) is 3.53. The van der Waals surface area contributed by atoms with Gasteiger partial charge in [-0.3, -0.25) is 4.79 Å². The standard InChI is InChI=1S/C17H30N2O2/c1-12-13(2)21-14(3)15(12)16(20)19-10-9-18-11-17(19)7-5-4-6-8-17/h12-15,18H,4-11H2,1-3H3. The van der Waals surface area contributed by atoms with Crippen molar-refractivity contribution in [1.82, 2.24) is 10.2 Å². The number of rotatable bonds is 1. The molecule has 3 fully saturated rings. The Balaban J connectivity index is 1.81. The van der Waals surface area contributed by atoms with Gasteiger partial charge in [-0.15, -0.1) is 0 Å². The summed E-state index contributed by atoms with van der Waals surface area (Å²) in [5.41, 5.74) is 0.0822. The van der Waals surface area contributed by atoms with Gasteiger partial charge in [-0.05, 0) is 32.6 Å². The molecule has 2 heterocycles. The quantitative estimate of drug-likeness (QED) is 0.806. The second kappa shape index (κ2) is 5.88. The largest absolute Gasteiger partial charge is 0.374 e. The molecule has 4 nitrogen and oxygen atoms in total. The molecule has 4 atom stereocenters. The first-order valence-electron chi connectivity index (χ1n) is 8.73.